The number of rotatable bonds is 4. The number of aliphatic hydroxyl groups is 1. The average Bonchev–Trinajstić information content (AvgIpc) is 2.28. The molecule has 2 atom stereocenters. The predicted octanol–water partition coefficient (Wildman–Crippen LogP) is 2.99. The summed E-state index contributed by atoms with van der Waals surface area (Å²) < 4.78 is -1.85. The molecule has 0 unspecified atom stereocenters. The van der Waals surface area contributed by atoms with Crippen molar-refractivity contribution in [3.63, 3.8) is 0 Å². The van der Waals surface area contributed by atoms with Crippen LogP contribution >= 0.6 is 34.8 Å². The molecule has 0 spiro atoms. The van der Waals surface area contributed by atoms with Gasteiger partial charge in [0.1, 0.15) is 6.10 Å². The molecule has 1 rings (SSSR count). The van der Waals surface area contributed by atoms with Gasteiger partial charge in [-0.25, -0.2) is 0 Å². The highest BCUT2D eigenvalue weighted by Gasteiger charge is 2.32. The van der Waals surface area contributed by atoms with E-state index in [4.69, 9.17) is 34.8 Å². The van der Waals surface area contributed by atoms with Crippen molar-refractivity contribution in [1.29, 1.82) is 0 Å². The van der Waals surface area contributed by atoms with Crippen LogP contribution in [0.25, 0.3) is 0 Å². The number of hydrogen-bond acceptors (Lipinski definition) is 2. The van der Waals surface area contributed by atoms with E-state index in [9.17, 15) is 9.90 Å². The first-order valence-corrected chi connectivity index (χ1v) is 6.53. The second-order valence-corrected chi connectivity index (χ2v) is 6.33. The van der Waals surface area contributed by atoms with E-state index in [1.165, 1.54) is 0 Å². The Balaban J connectivity index is 2.51. The van der Waals surface area contributed by atoms with Gasteiger partial charge < -0.3 is 10.4 Å². The maximum atomic E-state index is 11.6. The van der Waals surface area contributed by atoms with Gasteiger partial charge in [-0.3, -0.25) is 4.79 Å². The van der Waals surface area contributed by atoms with E-state index in [1.807, 2.05) is 37.3 Å². The molecular formula is C12H14Cl3NO2. The van der Waals surface area contributed by atoms with Crippen molar-refractivity contribution in [1.82, 2.24) is 5.32 Å². The standard InChI is InChI=1S/C12H14Cl3NO2/c1-8(9-5-3-2-4-6-9)16-11(18)7-10(17)12(13,14)15/h2-6,8,10,17H,7H2,1H3,(H,16,18)/t8-,10+/m0/s1. The second-order valence-electron chi connectivity index (χ2n) is 3.96. The minimum Gasteiger partial charge on any atom is -0.388 e. The van der Waals surface area contributed by atoms with E-state index in [1.54, 1.807) is 0 Å². The summed E-state index contributed by atoms with van der Waals surface area (Å²) >= 11 is 16.4. The quantitative estimate of drug-likeness (QED) is 0.840. The smallest absolute Gasteiger partial charge is 0.223 e. The maximum Gasteiger partial charge on any atom is 0.223 e. The van der Waals surface area contributed by atoms with E-state index in [-0.39, 0.29) is 18.4 Å². The Morgan fingerprint density at radius 2 is 1.89 bits per heavy atom. The summed E-state index contributed by atoms with van der Waals surface area (Å²) in [6.07, 6.45) is -1.58. The van der Waals surface area contributed by atoms with Crippen LogP contribution in [-0.4, -0.2) is 20.9 Å². The fourth-order valence-electron chi connectivity index (χ4n) is 1.42. The highest BCUT2D eigenvalue weighted by molar-refractivity contribution is 6.68. The van der Waals surface area contributed by atoms with Gasteiger partial charge >= 0.3 is 0 Å². The van der Waals surface area contributed by atoms with Crippen LogP contribution in [0.3, 0.4) is 0 Å². The Bertz CT molecular complexity index is 392. The first kappa shape index (κ1) is 15.6. The fraction of sp³-hybridized carbons (Fsp3) is 0.417. The van der Waals surface area contributed by atoms with Crippen LogP contribution in [0.5, 0.6) is 0 Å². The molecule has 3 nitrogen and oxygen atoms in total. The molecule has 0 radical (unpaired) electrons. The summed E-state index contributed by atoms with van der Waals surface area (Å²) in [5, 5.41) is 12.2. The minimum atomic E-state index is -1.85. The van der Waals surface area contributed by atoms with Gasteiger partial charge in [-0.1, -0.05) is 65.1 Å². The summed E-state index contributed by atoms with van der Waals surface area (Å²) in [6.45, 7) is 1.84. The molecule has 2 N–H and O–H groups in total. The van der Waals surface area contributed by atoms with Crippen LogP contribution in [0.4, 0.5) is 0 Å². The predicted molar refractivity (Wildman–Crippen MR) is 73.9 cm³/mol. The summed E-state index contributed by atoms with van der Waals surface area (Å²) in [5.74, 6) is -0.370. The van der Waals surface area contributed by atoms with E-state index in [0.717, 1.165) is 5.56 Å². The molecule has 0 heterocycles. The molecule has 6 heteroatoms. The zero-order valence-electron chi connectivity index (χ0n) is 9.74. The molecule has 1 aromatic carbocycles. The van der Waals surface area contributed by atoms with Crippen molar-refractivity contribution in [3.8, 4) is 0 Å². The molecular weight excluding hydrogens is 296 g/mol. The molecule has 0 aliphatic heterocycles. The molecule has 0 saturated heterocycles. The lowest BCUT2D eigenvalue weighted by Crippen LogP contribution is -2.34. The molecule has 0 fully saturated rings. The van der Waals surface area contributed by atoms with Crippen molar-refractivity contribution >= 4 is 40.7 Å². The Hall–Kier alpha value is -0.480. The van der Waals surface area contributed by atoms with Crippen LogP contribution in [0, 0.1) is 0 Å². The Morgan fingerprint density at radius 1 is 1.33 bits per heavy atom. The molecule has 18 heavy (non-hydrogen) atoms. The van der Waals surface area contributed by atoms with E-state index >= 15 is 0 Å². The number of carbonyl (C=O) groups excluding carboxylic acids is 1. The molecule has 1 amide bonds. The highest BCUT2D eigenvalue weighted by Crippen LogP contribution is 2.31. The molecule has 100 valence electrons. The van der Waals surface area contributed by atoms with Gasteiger partial charge in [0.05, 0.1) is 12.5 Å². The number of halogens is 3. The Morgan fingerprint density at radius 3 is 2.39 bits per heavy atom. The van der Waals surface area contributed by atoms with E-state index in [2.05, 4.69) is 5.32 Å². The number of hydrogen-bond donors (Lipinski definition) is 2. The van der Waals surface area contributed by atoms with Crippen LogP contribution < -0.4 is 5.32 Å². The molecule has 0 aliphatic carbocycles. The van der Waals surface area contributed by atoms with Crippen molar-refractivity contribution in [2.75, 3.05) is 0 Å². The van der Waals surface area contributed by atoms with Crippen molar-refractivity contribution in [2.24, 2.45) is 0 Å². The van der Waals surface area contributed by atoms with Crippen molar-refractivity contribution in [3.05, 3.63) is 35.9 Å². The number of aliphatic hydroxyl groups excluding tert-OH is 1. The van der Waals surface area contributed by atoms with E-state index in [0.29, 0.717) is 0 Å². The van der Waals surface area contributed by atoms with Crippen molar-refractivity contribution in [2.45, 2.75) is 29.3 Å². The molecule has 0 aromatic heterocycles. The van der Waals surface area contributed by atoms with Crippen LogP contribution in [0.1, 0.15) is 24.9 Å². The van der Waals surface area contributed by atoms with E-state index < -0.39 is 9.90 Å². The SMILES string of the molecule is C[C@H](NC(=O)C[C@@H](O)C(Cl)(Cl)Cl)c1ccccc1. The van der Waals surface area contributed by atoms with Gasteiger partial charge in [0.2, 0.25) is 9.70 Å². The second kappa shape index (κ2) is 6.62. The first-order chi connectivity index (χ1) is 8.30. The monoisotopic (exact) mass is 309 g/mol. The van der Waals surface area contributed by atoms with Crippen LogP contribution in [-0.2, 0) is 4.79 Å². The zero-order chi connectivity index (χ0) is 13.8. The van der Waals surface area contributed by atoms with Gasteiger partial charge in [-0.05, 0) is 12.5 Å². The lowest BCUT2D eigenvalue weighted by Gasteiger charge is -2.20. The van der Waals surface area contributed by atoms with Gasteiger partial charge in [0.25, 0.3) is 0 Å². The topological polar surface area (TPSA) is 49.3 Å². The first-order valence-electron chi connectivity index (χ1n) is 5.40. The summed E-state index contributed by atoms with van der Waals surface area (Å²) in [6, 6.07) is 9.29. The Kier molecular flexibility index (Phi) is 5.73. The number of alkyl halides is 3. The van der Waals surface area contributed by atoms with Gasteiger partial charge in [-0.15, -0.1) is 0 Å². The molecule has 0 bridgehead atoms. The maximum absolute atomic E-state index is 11.6. The third-order valence-electron chi connectivity index (χ3n) is 2.43. The molecule has 0 aliphatic rings. The van der Waals surface area contributed by atoms with Crippen LogP contribution in [0.15, 0.2) is 30.3 Å². The Labute approximate surface area is 121 Å². The summed E-state index contributed by atoms with van der Waals surface area (Å²) in [4.78, 5) is 11.6. The molecule has 0 saturated carbocycles. The third kappa shape index (κ3) is 5.02. The van der Waals surface area contributed by atoms with Crippen molar-refractivity contribution < 1.29 is 9.90 Å². The number of nitrogens with one attached hydrogen (secondary N) is 1. The average molecular weight is 311 g/mol. The lowest BCUT2D eigenvalue weighted by atomic mass is 10.1. The largest absolute Gasteiger partial charge is 0.388 e. The van der Waals surface area contributed by atoms with Gasteiger partial charge in [0.15, 0.2) is 0 Å². The third-order valence-corrected chi connectivity index (χ3v) is 3.19. The normalized spacial score (nSPS) is 14.9. The summed E-state index contributed by atoms with van der Waals surface area (Å²) in [5.41, 5.74) is 0.967. The zero-order valence-corrected chi connectivity index (χ0v) is 12.0. The van der Waals surface area contributed by atoms with Gasteiger partial charge in [0, 0.05) is 0 Å². The lowest BCUT2D eigenvalue weighted by molar-refractivity contribution is -0.123. The van der Waals surface area contributed by atoms with Gasteiger partial charge in [-0.2, -0.15) is 0 Å². The highest BCUT2D eigenvalue weighted by atomic mass is 35.6. The fourth-order valence-corrected chi connectivity index (χ4v) is 1.65. The summed E-state index contributed by atoms with van der Waals surface area (Å²) in [7, 11) is 0. The van der Waals surface area contributed by atoms with Crippen LogP contribution in [0.2, 0.25) is 0 Å². The minimum absolute atomic E-state index is 0.165. The number of amides is 1. The number of benzene rings is 1. The number of carbonyl (C=O) groups is 1. The molecule has 1 aromatic rings.